The molecule has 13 heteroatoms. The summed E-state index contributed by atoms with van der Waals surface area (Å²) >= 11 is 0. The maximum atomic E-state index is 14.5. The minimum absolute atomic E-state index is 0.0118. The normalized spacial score (nSPS) is 12.8. The molecule has 0 spiro atoms. The summed E-state index contributed by atoms with van der Waals surface area (Å²) in [5.41, 5.74) is 1.07. The number of methoxy groups -OCH3 is 4. The van der Waals surface area contributed by atoms with Crippen molar-refractivity contribution in [1.29, 1.82) is 0 Å². The number of fused-ring (bicyclic) bond motifs is 1. The van der Waals surface area contributed by atoms with Crippen molar-refractivity contribution in [3.63, 3.8) is 0 Å². The number of halogens is 2. The summed E-state index contributed by atoms with van der Waals surface area (Å²) in [4.78, 5) is 27.3. The van der Waals surface area contributed by atoms with Gasteiger partial charge in [-0.2, -0.15) is 0 Å². The van der Waals surface area contributed by atoms with Crippen LogP contribution in [0.25, 0.3) is 0 Å². The molecule has 0 atom stereocenters. The van der Waals surface area contributed by atoms with E-state index in [4.69, 9.17) is 23.7 Å². The van der Waals surface area contributed by atoms with Crippen molar-refractivity contribution in [2.45, 2.75) is 25.7 Å². The third-order valence-corrected chi connectivity index (χ3v) is 5.87. The third-order valence-electron chi connectivity index (χ3n) is 5.87. The molecule has 1 aromatic carbocycles. The molecular weight excluding hydrogens is 504 g/mol. The fourth-order valence-corrected chi connectivity index (χ4v) is 3.96. The lowest BCUT2D eigenvalue weighted by molar-refractivity contribution is -0.108. The van der Waals surface area contributed by atoms with Gasteiger partial charge in [-0.1, -0.05) is 6.07 Å². The number of amides is 2. The van der Waals surface area contributed by atoms with E-state index in [-0.39, 0.29) is 28.8 Å². The monoisotopic (exact) mass is 531 g/mol. The van der Waals surface area contributed by atoms with Crippen LogP contribution in [0.3, 0.4) is 0 Å². The maximum Gasteiger partial charge on any atom is 0.329 e. The first kappa shape index (κ1) is 26.9. The zero-order valence-electron chi connectivity index (χ0n) is 21.3. The van der Waals surface area contributed by atoms with Crippen LogP contribution in [0.1, 0.15) is 29.5 Å². The summed E-state index contributed by atoms with van der Waals surface area (Å²) in [5.74, 6) is -1.54. The van der Waals surface area contributed by atoms with Gasteiger partial charge in [0.25, 0.3) is 0 Å². The molecule has 2 aromatic heterocycles. The highest BCUT2D eigenvalue weighted by Crippen LogP contribution is 2.32. The Labute approximate surface area is 217 Å². The van der Waals surface area contributed by atoms with Gasteiger partial charge in [-0.3, -0.25) is 10.2 Å². The number of carbonyl (C=O) groups excluding carboxylic acids is 1. The van der Waals surface area contributed by atoms with Crippen LogP contribution < -0.4 is 24.4 Å². The Kier molecular flexibility index (Phi) is 8.48. The second-order valence-corrected chi connectivity index (χ2v) is 8.13. The number of rotatable bonds is 9. The van der Waals surface area contributed by atoms with Crippen molar-refractivity contribution in [3.8, 4) is 17.2 Å². The van der Waals surface area contributed by atoms with Gasteiger partial charge in [0.05, 0.1) is 37.9 Å². The summed E-state index contributed by atoms with van der Waals surface area (Å²) in [6.07, 6.45) is 3.42. The second kappa shape index (κ2) is 12.0. The van der Waals surface area contributed by atoms with Gasteiger partial charge in [0.2, 0.25) is 12.2 Å². The number of aromatic nitrogens is 3. The largest absolute Gasteiger partial charge is 0.494 e. The quantitative estimate of drug-likeness (QED) is 0.409. The number of hydrogen-bond donors (Lipinski definition) is 1. The van der Waals surface area contributed by atoms with Crippen LogP contribution in [0.4, 0.5) is 25.3 Å². The van der Waals surface area contributed by atoms with E-state index in [1.807, 2.05) is 6.07 Å². The van der Waals surface area contributed by atoms with Gasteiger partial charge in [0.15, 0.2) is 28.9 Å². The van der Waals surface area contributed by atoms with Gasteiger partial charge in [-0.15, -0.1) is 0 Å². The van der Waals surface area contributed by atoms with Crippen LogP contribution in [0, 0.1) is 11.6 Å². The Morgan fingerprint density at radius 2 is 1.71 bits per heavy atom. The van der Waals surface area contributed by atoms with Gasteiger partial charge < -0.3 is 23.7 Å². The fourth-order valence-electron chi connectivity index (χ4n) is 3.96. The molecule has 202 valence electrons. The molecular formula is C25H27F2N5O6. The van der Waals surface area contributed by atoms with E-state index in [1.165, 1.54) is 45.7 Å². The fraction of sp³-hybridized carbons (Fsp3) is 0.360. The molecule has 0 unspecified atom stereocenters. The summed E-state index contributed by atoms with van der Waals surface area (Å²) in [6, 6.07) is 4.34. The number of ether oxygens (including phenoxy) is 5. The SMILES string of the molecule is COc1cc(OC)c(F)c(COc2cnc(NC(=O)N3CCCc4ccc(C(OC)OC)nc43)nc2)c1F. The van der Waals surface area contributed by atoms with Crippen molar-refractivity contribution in [1.82, 2.24) is 15.0 Å². The molecule has 1 N–H and O–H groups in total. The highest BCUT2D eigenvalue weighted by atomic mass is 19.1. The molecule has 4 rings (SSSR count). The number of benzene rings is 1. The predicted octanol–water partition coefficient (Wildman–Crippen LogP) is 4.02. The van der Waals surface area contributed by atoms with Gasteiger partial charge in [0, 0.05) is 26.8 Å². The second-order valence-electron chi connectivity index (χ2n) is 8.13. The maximum absolute atomic E-state index is 14.5. The Morgan fingerprint density at radius 1 is 1.05 bits per heavy atom. The lowest BCUT2D eigenvalue weighted by Gasteiger charge is -2.29. The number of urea groups is 1. The Balaban J connectivity index is 1.44. The Morgan fingerprint density at radius 3 is 2.32 bits per heavy atom. The predicted molar refractivity (Wildman–Crippen MR) is 132 cm³/mol. The Hall–Kier alpha value is -4.10. The number of aryl methyl sites for hydroxylation is 1. The minimum Gasteiger partial charge on any atom is -0.494 e. The number of nitrogens with zero attached hydrogens (tertiary/aromatic N) is 4. The third kappa shape index (κ3) is 5.58. The summed E-state index contributed by atoms with van der Waals surface area (Å²) in [6.45, 7) is -0.0228. The average Bonchev–Trinajstić information content (AvgIpc) is 2.94. The molecule has 3 aromatic rings. The smallest absolute Gasteiger partial charge is 0.329 e. The van der Waals surface area contributed by atoms with Gasteiger partial charge in [0.1, 0.15) is 12.4 Å². The van der Waals surface area contributed by atoms with E-state index >= 15 is 0 Å². The van der Waals surface area contributed by atoms with E-state index in [1.54, 1.807) is 6.07 Å². The highest BCUT2D eigenvalue weighted by molar-refractivity contribution is 6.00. The van der Waals surface area contributed by atoms with Crippen molar-refractivity contribution in [2.75, 3.05) is 45.2 Å². The van der Waals surface area contributed by atoms with E-state index in [2.05, 4.69) is 20.3 Å². The van der Waals surface area contributed by atoms with Crippen molar-refractivity contribution in [3.05, 3.63) is 59.0 Å². The van der Waals surface area contributed by atoms with E-state index < -0.39 is 30.6 Å². The molecule has 0 saturated carbocycles. The van der Waals surface area contributed by atoms with Crippen molar-refractivity contribution >= 4 is 17.8 Å². The molecule has 0 aliphatic carbocycles. The van der Waals surface area contributed by atoms with Crippen molar-refractivity contribution < 1.29 is 37.3 Å². The Bertz CT molecular complexity index is 1260. The average molecular weight is 532 g/mol. The lowest BCUT2D eigenvalue weighted by atomic mass is 10.1. The van der Waals surface area contributed by atoms with Crippen LogP contribution in [-0.2, 0) is 22.5 Å². The van der Waals surface area contributed by atoms with Gasteiger partial charge >= 0.3 is 6.03 Å². The zero-order chi connectivity index (χ0) is 27.2. The van der Waals surface area contributed by atoms with Crippen LogP contribution in [-0.4, -0.2) is 56.0 Å². The van der Waals surface area contributed by atoms with Crippen LogP contribution in [0.5, 0.6) is 17.2 Å². The summed E-state index contributed by atoms with van der Waals surface area (Å²) in [7, 11) is 5.53. The lowest BCUT2D eigenvalue weighted by Crippen LogP contribution is -2.40. The number of hydrogen-bond acceptors (Lipinski definition) is 9. The van der Waals surface area contributed by atoms with Gasteiger partial charge in [-0.25, -0.2) is 28.5 Å². The first-order chi connectivity index (χ1) is 18.4. The van der Waals surface area contributed by atoms with Crippen molar-refractivity contribution in [2.24, 2.45) is 0 Å². The topological polar surface area (TPSA) is 117 Å². The van der Waals surface area contributed by atoms with E-state index in [0.29, 0.717) is 18.1 Å². The molecule has 0 bridgehead atoms. The molecule has 1 aliphatic heterocycles. The summed E-state index contributed by atoms with van der Waals surface area (Å²) in [5, 5.41) is 2.63. The van der Waals surface area contributed by atoms with Crippen LogP contribution in [0.2, 0.25) is 0 Å². The first-order valence-electron chi connectivity index (χ1n) is 11.6. The van der Waals surface area contributed by atoms with Crippen LogP contribution in [0.15, 0.2) is 30.6 Å². The number of nitrogens with one attached hydrogen (secondary N) is 1. The van der Waals surface area contributed by atoms with E-state index in [0.717, 1.165) is 24.5 Å². The van der Waals surface area contributed by atoms with Gasteiger partial charge in [-0.05, 0) is 24.5 Å². The minimum atomic E-state index is -0.906. The molecule has 2 amide bonds. The summed E-state index contributed by atoms with van der Waals surface area (Å²) < 4.78 is 55.0. The highest BCUT2D eigenvalue weighted by Gasteiger charge is 2.26. The molecule has 1 aliphatic rings. The van der Waals surface area contributed by atoms with E-state index in [9.17, 15) is 13.6 Å². The molecule has 38 heavy (non-hydrogen) atoms. The standard InChI is InChI=1S/C25H27F2N5O6/c1-34-18-10-19(35-2)21(27)16(20(18)26)13-38-15-11-28-24(29-12-15)31-25(33)32-9-5-6-14-7-8-17(30-22(14)32)23(36-3)37-4/h7-8,10-12,23H,5-6,9,13H2,1-4H3,(H,28,29,31,33). The number of anilines is 2. The number of carbonyl (C=O) groups is 1. The molecule has 0 fully saturated rings. The molecule has 11 nitrogen and oxygen atoms in total. The van der Waals surface area contributed by atoms with Crippen LogP contribution >= 0.6 is 0 Å². The molecule has 0 saturated heterocycles. The number of pyridine rings is 1. The zero-order valence-corrected chi connectivity index (χ0v) is 21.3. The molecule has 0 radical (unpaired) electrons. The first-order valence-corrected chi connectivity index (χ1v) is 11.6. The molecule has 3 heterocycles.